The molecule has 0 bridgehead atoms. The Balaban J connectivity index is 2.53. The number of fused-ring (bicyclic) bond motifs is 1. The quantitative estimate of drug-likeness (QED) is 0.675. The summed E-state index contributed by atoms with van der Waals surface area (Å²) in [6, 6.07) is 7.98. The first-order chi connectivity index (χ1) is 6.81. The number of para-hydroxylation sites is 1. The fraction of sp³-hybridized carbons (Fsp3) is 0.167. The lowest BCUT2D eigenvalue weighted by molar-refractivity contribution is 0.615. The van der Waals surface area contributed by atoms with Crippen LogP contribution in [0.5, 0.6) is 0 Å². The Bertz CT molecular complexity index is 468. The number of rotatable bonds is 2. The molecule has 0 atom stereocenters. The standard InChI is InChI=1S/C12H11ClO/c1-9(7-13)6-10-8-14-12-5-3-2-4-11(10)12/h2-6,8H,7H2,1H3/b9-6-. The van der Waals surface area contributed by atoms with Gasteiger partial charge in [0.05, 0.1) is 6.26 Å². The van der Waals surface area contributed by atoms with E-state index in [9.17, 15) is 0 Å². The second-order valence-corrected chi connectivity index (χ2v) is 3.58. The summed E-state index contributed by atoms with van der Waals surface area (Å²) in [6.45, 7) is 2.01. The third-order valence-electron chi connectivity index (χ3n) is 2.12. The first-order valence-corrected chi connectivity index (χ1v) is 5.04. The molecule has 0 saturated heterocycles. The monoisotopic (exact) mass is 206 g/mol. The lowest BCUT2D eigenvalue weighted by Crippen LogP contribution is -1.76. The van der Waals surface area contributed by atoms with E-state index in [1.165, 1.54) is 0 Å². The second-order valence-electron chi connectivity index (χ2n) is 3.31. The molecule has 1 aromatic carbocycles. The normalized spacial score (nSPS) is 12.3. The Kier molecular flexibility index (Phi) is 2.60. The maximum absolute atomic E-state index is 5.72. The minimum Gasteiger partial charge on any atom is -0.464 e. The molecule has 2 heteroatoms. The molecule has 1 nitrogen and oxygen atoms in total. The number of alkyl halides is 1. The van der Waals surface area contributed by atoms with Gasteiger partial charge in [-0.2, -0.15) is 0 Å². The fourth-order valence-corrected chi connectivity index (χ4v) is 1.49. The van der Waals surface area contributed by atoms with Gasteiger partial charge in [-0.05, 0) is 13.0 Å². The molecular weight excluding hydrogens is 196 g/mol. The number of allylic oxidation sites excluding steroid dienone is 1. The Morgan fingerprint density at radius 2 is 2.21 bits per heavy atom. The van der Waals surface area contributed by atoms with Crippen LogP contribution in [0.15, 0.2) is 40.5 Å². The van der Waals surface area contributed by atoms with Crippen molar-refractivity contribution < 1.29 is 4.42 Å². The smallest absolute Gasteiger partial charge is 0.134 e. The van der Waals surface area contributed by atoms with Crippen LogP contribution < -0.4 is 0 Å². The Morgan fingerprint density at radius 3 is 3.00 bits per heavy atom. The predicted octanol–water partition coefficient (Wildman–Crippen LogP) is 4.07. The summed E-state index contributed by atoms with van der Waals surface area (Å²) in [5, 5.41) is 1.14. The third-order valence-corrected chi connectivity index (χ3v) is 2.55. The van der Waals surface area contributed by atoms with E-state index < -0.39 is 0 Å². The van der Waals surface area contributed by atoms with Gasteiger partial charge in [0.25, 0.3) is 0 Å². The van der Waals surface area contributed by atoms with Gasteiger partial charge in [0.2, 0.25) is 0 Å². The highest BCUT2D eigenvalue weighted by atomic mass is 35.5. The summed E-state index contributed by atoms with van der Waals surface area (Å²) in [6.07, 6.45) is 3.82. The lowest BCUT2D eigenvalue weighted by atomic mass is 10.1. The van der Waals surface area contributed by atoms with Crippen LogP contribution in [0.3, 0.4) is 0 Å². The van der Waals surface area contributed by atoms with Crippen LogP contribution >= 0.6 is 11.6 Å². The van der Waals surface area contributed by atoms with Crippen LogP contribution in [0.2, 0.25) is 0 Å². The van der Waals surface area contributed by atoms with Crippen LogP contribution in [0, 0.1) is 0 Å². The minimum absolute atomic E-state index is 0.555. The average molecular weight is 207 g/mol. The van der Waals surface area contributed by atoms with Gasteiger partial charge in [0.15, 0.2) is 0 Å². The Labute approximate surface area is 88.0 Å². The van der Waals surface area contributed by atoms with Gasteiger partial charge in [-0.15, -0.1) is 11.6 Å². The zero-order chi connectivity index (χ0) is 9.97. The topological polar surface area (TPSA) is 13.1 Å². The molecule has 0 aliphatic carbocycles. The fourth-order valence-electron chi connectivity index (χ4n) is 1.41. The summed E-state index contributed by atoms with van der Waals surface area (Å²) >= 11 is 5.72. The van der Waals surface area contributed by atoms with Gasteiger partial charge in [0, 0.05) is 16.8 Å². The molecule has 0 spiro atoms. The molecule has 0 radical (unpaired) electrons. The molecule has 14 heavy (non-hydrogen) atoms. The number of halogens is 1. The molecule has 2 rings (SSSR count). The minimum atomic E-state index is 0.555. The molecule has 1 aromatic heterocycles. The van der Waals surface area contributed by atoms with E-state index >= 15 is 0 Å². The zero-order valence-corrected chi connectivity index (χ0v) is 8.71. The van der Waals surface area contributed by atoms with E-state index in [1.807, 2.05) is 31.2 Å². The van der Waals surface area contributed by atoms with Crippen LogP contribution in [-0.4, -0.2) is 5.88 Å². The third kappa shape index (κ3) is 1.68. The number of hydrogen-bond acceptors (Lipinski definition) is 1. The number of benzene rings is 1. The Morgan fingerprint density at radius 1 is 1.43 bits per heavy atom. The van der Waals surface area contributed by atoms with E-state index in [0.29, 0.717) is 5.88 Å². The van der Waals surface area contributed by atoms with E-state index in [2.05, 4.69) is 6.08 Å². The van der Waals surface area contributed by atoms with Gasteiger partial charge >= 0.3 is 0 Å². The van der Waals surface area contributed by atoms with Crippen LogP contribution in [0.25, 0.3) is 17.0 Å². The van der Waals surface area contributed by atoms with Crippen molar-refractivity contribution in [1.29, 1.82) is 0 Å². The van der Waals surface area contributed by atoms with Gasteiger partial charge < -0.3 is 4.42 Å². The molecule has 2 aromatic rings. The molecule has 1 heterocycles. The largest absolute Gasteiger partial charge is 0.464 e. The van der Waals surface area contributed by atoms with Gasteiger partial charge in [0.1, 0.15) is 5.58 Å². The van der Waals surface area contributed by atoms with Crippen molar-refractivity contribution in [1.82, 2.24) is 0 Å². The number of furan rings is 1. The van der Waals surface area contributed by atoms with Crippen molar-refractivity contribution in [3.05, 3.63) is 41.7 Å². The lowest BCUT2D eigenvalue weighted by Gasteiger charge is -1.92. The van der Waals surface area contributed by atoms with Crippen molar-refractivity contribution in [2.45, 2.75) is 6.92 Å². The van der Waals surface area contributed by atoms with Gasteiger partial charge in [-0.1, -0.05) is 29.8 Å². The van der Waals surface area contributed by atoms with Gasteiger partial charge in [-0.25, -0.2) is 0 Å². The number of hydrogen-bond donors (Lipinski definition) is 0. The second kappa shape index (κ2) is 3.89. The average Bonchev–Trinajstić information content (AvgIpc) is 2.62. The zero-order valence-electron chi connectivity index (χ0n) is 7.96. The van der Waals surface area contributed by atoms with Gasteiger partial charge in [-0.3, -0.25) is 0 Å². The van der Waals surface area contributed by atoms with Crippen LogP contribution in [0.1, 0.15) is 12.5 Å². The van der Waals surface area contributed by atoms with Crippen molar-refractivity contribution >= 4 is 28.6 Å². The summed E-state index contributed by atoms with van der Waals surface area (Å²) in [5.41, 5.74) is 3.15. The van der Waals surface area contributed by atoms with E-state index in [4.69, 9.17) is 16.0 Å². The van der Waals surface area contributed by atoms with E-state index in [-0.39, 0.29) is 0 Å². The summed E-state index contributed by atoms with van der Waals surface area (Å²) in [5.74, 6) is 0.555. The molecule has 0 aliphatic heterocycles. The molecule has 0 amide bonds. The summed E-state index contributed by atoms with van der Waals surface area (Å²) < 4.78 is 5.41. The first-order valence-electron chi connectivity index (χ1n) is 4.50. The van der Waals surface area contributed by atoms with Crippen molar-refractivity contribution in [3.63, 3.8) is 0 Å². The summed E-state index contributed by atoms with van der Waals surface area (Å²) in [4.78, 5) is 0. The van der Waals surface area contributed by atoms with E-state index in [0.717, 1.165) is 22.1 Å². The molecule has 0 saturated carbocycles. The molecule has 72 valence electrons. The maximum atomic E-state index is 5.72. The summed E-state index contributed by atoms with van der Waals surface area (Å²) in [7, 11) is 0. The molecular formula is C12H11ClO. The van der Waals surface area contributed by atoms with Crippen molar-refractivity contribution in [2.75, 3.05) is 5.88 Å². The highest BCUT2D eigenvalue weighted by molar-refractivity contribution is 6.19. The molecule has 0 fully saturated rings. The van der Waals surface area contributed by atoms with Crippen LogP contribution in [0.4, 0.5) is 0 Å². The maximum Gasteiger partial charge on any atom is 0.134 e. The first kappa shape index (κ1) is 9.35. The van der Waals surface area contributed by atoms with Crippen molar-refractivity contribution in [2.24, 2.45) is 0 Å². The SMILES string of the molecule is C/C(=C/c1coc2ccccc12)CCl. The predicted molar refractivity (Wildman–Crippen MR) is 60.6 cm³/mol. The van der Waals surface area contributed by atoms with Crippen molar-refractivity contribution in [3.8, 4) is 0 Å². The highest BCUT2D eigenvalue weighted by Crippen LogP contribution is 2.22. The molecule has 0 N–H and O–H groups in total. The molecule has 0 aliphatic rings. The highest BCUT2D eigenvalue weighted by Gasteiger charge is 2.01. The molecule has 0 unspecified atom stereocenters. The Hall–Kier alpha value is -1.21. The van der Waals surface area contributed by atoms with Crippen LogP contribution in [-0.2, 0) is 0 Å². The van der Waals surface area contributed by atoms with E-state index in [1.54, 1.807) is 6.26 Å².